The monoisotopic (exact) mass is 319 g/mol. The van der Waals surface area contributed by atoms with Gasteiger partial charge in [-0.2, -0.15) is 0 Å². The summed E-state index contributed by atoms with van der Waals surface area (Å²) in [5.74, 6) is -2.33. The van der Waals surface area contributed by atoms with Gasteiger partial charge < -0.3 is 10.0 Å². The number of Topliss-reactive ketones (excluding diaryl/α,β-unsaturated/α-hetero) is 1. The van der Waals surface area contributed by atoms with Gasteiger partial charge in [0.15, 0.2) is 5.78 Å². The first-order chi connectivity index (χ1) is 10.9. The lowest BCUT2D eigenvalue weighted by Gasteiger charge is -2.33. The van der Waals surface area contributed by atoms with Crippen LogP contribution in [0.25, 0.3) is 0 Å². The Bertz CT molecular complexity index is 651. The van der Waals surface area contributed by atoms with E-state index in [1.54, 1.807) is 0 Å². The molecule has 1 N–H and O–H groups in total. The van der Waals surface area contributed by atoms with E-state index in [2.05, 4.69) is 0 Å². The first-order valence-corrected chi connectivity index (χ1v) is 7.76. The van der Waals surface area contributed by atoms with Gasteiger partial charge in [-0.15, -0.1) is 0 Å². The molecule has 0 spiro atoms. The fourth-order valence-corrected chi connectivity index (χ4v) is 3.17. The Morgan fingerprint density at radius 3 is 2.39 bits per heavy atom. The Hall–Kier alpha value is -2.24. The summed E-state index contributed by atoms with van der Waals surface area (Å²) in [5, 5.41) is 9.23. The molecule has 1 aliphatic carbocycles. The lowest BCUT2D eigenvalue weighted by molar-refractivity contribution is -0.154. The molecule has 1 amide bonds. The summed E-state index contributed by atoms with van der Waals surface area (Å²) in [4.78, 5) is 37.8. The van der Waals surface area contributed by atoms with Crippen LogP contribution in [0.3, 0.4) is 0 Å². The second-order valence-electron chi connectivity index (χ2n) is 6.35. The molecule has 1 atom stereocenters. The van der Waals surface area contributed by atoms with Crippen molar-refractivity contribution < 1.29 is 23.9 Å². The number of benzene rings is 1. The van der Waals surface area contributed by atoms with Gasteiger partial charge in [-0.1, -0.05) is 0 Å². The second-order valence-corrected chi connectivity index (χ2v) is 6.35. The van der Waals surface area contributed by atoms with Gasteiger partial charge in [-0.25, -0.2) is 4.39 Å². The van der Waals surface area contributed by atoms with Crippen LogP contribution >= 0.6 is 0 Å². The Morgan fingerprint density at radius 1 is 1.17 bits per heavy atom. The summed E-state index contributed by atoms with van der Waals surface area (Å²) in [6, 6.07) is 5.36. The van der Waals surface area contributed by atoms with Crippen LogP contribution in [0.5, 0.6) is 0 Å². The first kappa shape index (κ1) is 15.6. The van der Waals surface area contributed by atoms with Crippen LogP contribution in [-0.4, -0.2) is 40.8 Å². The Kier molecular flexibility index (Phi) is 3.92. The maximum absolute atomic E-state index is 13.0. The topological polar surface area (TPSA) is 74.7 Å². The molecule has 5 nitrogen and oxygen atoms in total. The van der Waals surface area contributed by atoms with E-state index in [9.17, 15) is 23.9 Å². The quantitative estimate of drug-likeness (QED) is 0.681. The van der Waals surface area contributed by atoms with Crippen molar-refractivity contribution in [1.82, 2.24) is 4.90 Å². The number of hydrogen-bond donors (Lipinski definition) is 1. The van der Waals surface area contributed by atoms with Crippen LogP contribution in [-0.2, 0) is 9.59 Å². The maximum Gasteiger partial charge on any atom is 0.319 e. The van der Waals surface area contributed by atoms with Gasteiger partial charge in [0, 0.05) is 24.6 Å². The van der Waals surface area contributed by atoms with Crippen molar-refractivity contribution in [1.29, 1.82) is 0 Å². The fourth-order valence-electron chi connectivity index (χ4n) is 3.17. The molecule has 0 radical (unpaired) electrons. The molecule has 2 aliphatic rings. The fraction of sp³-hybridized carbons (Fsp3) is 0.471. The molecule has 1 unspecified atom stereocenters. The minimum absolute atomic E-state index is 0.123. The number of ketones is 1. The van der Waals surface area contributed by atoms with Crippen molar-refractivity contribution in [2.75, 3.05) is 13.1 Å². The Morgan fingerprint density at radius 2 is 1.83 bits per heavy atom. The van der Waals surface area contributed by atoms with Gasteiger partial charge in [-0.3, -0.25) is 14.4 Å². The molecule has 1 saturated carbocycles. The molecule has 0 aromatic heterocycles. The Balaban J connectivity index is 1.71. The van der Waals surface area contributed by atoms with E-state index in [0.29, 0.717) is 37.8 Å². The van der Waals surface area contributed by atoms with Crippen molar-refractivity contribution >= 4 is 17.7 Å². The summed E-state index contributed by atoms with van der Waals surface area (Å²) in [5.41, 5.74) is -0.842. The van der Waals surface area contributed by atoms with Crippen LogP contribution in [0.4, 0.5) is 4.39 Å². The lowest BCUT2D eigenvalue weighted by atomic mass is 9.89. The summed E-state index contributed by atoms with van der Waals surface area (Å²) < 4.78 is 13.0. The SMILES string of the molecule is O=C(c1ccc(F)cc1)C1CCCN(C(=O)C2(C(=O)O)CC2)C1. The Labute approximate surface area is 133 Å². The molecule has 1 aliphatic heterocycles. The second kappa shape index (κ2) is 5.76. The van der Waals surface area contributed by atoms with Gasteiger partial charge in [0.1, 0.15) is 11.2 Å². The number of carbonyl (C=O) groups excluding carboxylic acids is 2. The van der Waals surface area contributed by atoms with Gasteiger partial charge in [0.05, 0.1) is 0 Å². The highest BCUT2D eigenvalue weighted by molar-refractivity contribution is 6.05. The molecule has 1 heterocycles. The molecule has 1 saturated heterocycles. The van der Waals surface area contributed by atoms with Crippen LogP contribution in [0.2, 0.25) is 0 Å². The predicted octanol–water partition coefficient (Wildman–Crippen LogP) is 2.11. The molecule has 0 bridgehead atoms. The molecule has 1 aromatic carbocycles. The summed E-state index contributed by atoms with van der Waals surface area (Å²) in [6.45, 7) is 0.727. The zero-order valence-corrected chi connectivity index (χ0v) is 12.6. The number of piperidine rings is 1. The number of halogens is 1. The third-order valence-electron chi connectivity index (χ3n) is 4.78. The number of aliphatic carboxylic acids is 1. The highest BCUT2D eigenvalue weighted by Gasteiger charge is 2.58. The van der Waals surface area contributed by atoms with Crippen LogP contribution < -0.4 is 0 Å². The van der Waals surface area contributed by atoms with Gasteiger partial charge >= 0.3 is 5.97 Å². The van der Waals surface area contributed by atoms with E-state index < -0.39 is 17.2 Å². The van der Waals surface area contributed by atoms with E-state index in [4.69, 9.17) is 0 Å². The average molecular weight is 319 g/mol. The minimum atomic E-state index is -1.26. The van der Waals surface area contributed by atoms with Crippen molar-refractivity contribution in [3.8, 4) is 0 Å². The number of hydrogen-bond acceptors (Lipinski definition) is 3. The third kappa shape index (κ3) is 2.85. The van der Waals surface area contributed by atoms with Gasteiger partial charge in [0.2, 0.25) is 5.91 Å². The standard InChI is InChI=1S/C17H18FNO4/c18-13-5-3-11(4-6-13)14(20)12-2-1-9-19(10-12)15(21)17(7-8-17)16(22)23/h3-6,12H,1-2,7-10H2,(H,22,23). The van der Waals surface area contributed by atoms with E-state index in [1.807, 2.05) is 0 Å². The third-order valence-corrected chi connectivity index (χ3v) is 4.78. The van der Waals surface area contributed by atoms with E-state index in [1.165, 1.54) is 29.2 Å². The number of carboxylic acids is 1. The minimum Gasteiger partial charge on any atom is -0.480 e. The van der Waals surface area contributed by atoms with Crippen molar-refractivity contribution in [3.63, 3.8) is 0 Å². The normalized spacial score (nSPS) is 22.5. The summed E-state index contributed by atoms with van der Waals surface area (Å²) >= 11 is 0. The number of likely N-dealkylation sites (tertiary alicyclic amines) is 1. The van der Waals surface area contributed by atoms with E-state index >= 15 is 0 Å². The van der Waals surface area contributed by atoms with Crippen molar-refractivity contribution in [2.24, 2.45) is 11.3 Å². The lowest BCUT2D eigenvalue weighted by Crippen LogP contribution is -2.47. The average Bonchev–Trinajstić information content (AvgIpc) is 3.36. The first-order valence-electron chi connectivity index (χ1n) is 7.76. The number of amides is 1. The zero-order chi connectivity index (χ0) is 16.6. The van der Waals surface area contributed by atoms with Crippen LogP contribution in [0.15, 0.2) is 24.3 Å². The molecule has 1 aromatic rings. The van der Waals surface area contributed by atoms with Gasteiger partial charge in [0.25, 0.3) is 0 Å². The maximum atomic E-state index is 13.0. The molecule has 23 heavy (non-hydrogen) atoms. The molecular weight excluding hydrogens is 301 g/mol. The largest absolute Gasteiger partial charge is 0.480 e. The number of carbonyl (C=O) groups is 3. The highest BCUT2D eigenvalue weighted by atomic mass is 19.1. The van der Waals surface area contributed by atoms with Crippen LogP contribution in [0, 0.1) is 17.2 Å². The van der Waals surface area contributed by atoms with E-state index in [0.717, 1.165) is 0 Å². The number of rotatable bonds is 4. The number of nitrogens with zero attached hydrogens (tertiary/aromatic N) is 1. The van der Waals surface area contributed by atoms with Crippen molar-refractivity contribution in [2.45, 2.75) is 25.7 Å². The molecule has 3 rings (SSSR count). The summed E-state index contributed by atoms with van der Waals surface area (Å²) in [6.07, 6.45) is 2.06. The number of carboxylic acid groups (broad SMARTS) is 1. The van der Waals surface area contributed by atoms with Gasteiger partial charge in [-0.05, 0) is 49.9 Å². The smallest absolute Gasteiger partial charge is 0.319 e. The van der Waals surface area contributed by atoms with E-state index in [-0.39, 0.29) is 24.2 Å². The summed E-state index contributed by atoms with van der Waals surface area (Å²) in [7, 11) is 0. The molecule has 6 heteroatoms. The molecule has 122 valence electrons. The predicted molar refractivity (Wildman–Crippen MR) is 79.3 cm³/mol. The molecule has 2 fully saturated rings. The molecular formula is C17H18FNO4. The van der Waals surface area contributed by atoms with Crippen LogP contribution in [0.1, 0.15) is 36.0 Å². The zero-order valence-electron chi connectivity index (χ0n) is 12.6. The highest BCUT2D eigenvalue weighted by Crippen LogP contribution is 2.48. The van der Waals surface area contributed by atoms with Crippen molar-refractivity contribution in [3.05, 3.63) is 35.6 Å².